The van der Waals surface area contributed by atoms with Crippen molar-refractivity contribution in [2.24, 2.45) is 28.6 Å². The van der Waals surface area contributed by atoms with Gasteiger partial charge < -0.3 is 5.11 Å². The molecular weight excluding hydrogens is 296 g/mol. The summed E-state index contributed by atoms with van der Waals surface area (Å²) in [6.07, 6.45) is 2.71. The van der Waals surface area contributed by atoms with Gasteiger partial charge in [-0.25, -0.2) is 0 Å². The number of carboxylic acids is 1. The van der Waals surface area contributed by atoms with Gasteiger partial charge in [-0.05, 0) is 31.1 Å². The van der Waals surface area contributed by atoms with Crippen molar-refractivity contribution in [1.82, 2.24) is 0 Å². The predicted octanol–water partition coefficient (Wildman–Crippen LogP) is 2.41. The molecule has 23 heavy (non-hydrogen) atoms. The number of rotatable bonds is 3. The van der Waals surface area contributed by atoms with Crippen molar-refractivity contribution >= 4 is 23.3 Å². The van der Waals surface area contributed by atoms with E-state index in [1.165, 1.54) is 0 Å². The summed E-state index contributed by atoms with van der Waals surface area (Å²) in [5, 5.41) is 8.99. The maximum absolute atomic E-state index is 12.9. The molecule has 0 radical (unpaired) electrons. The Kier molecular flexibility index (Phi) is 3.73. The summed E-state index contributed by atoms with van der Waals surface area (Å²) in [7, 11) is 0. The highest BCUT2D eigenvalue weighted by atomic mass is 16.4. The first kappa shape index (κ1) is 16.3. The number of hydrogen-bond donors (Lipinski definition) is 1. The van der Waals surface area contributed by atoms with Crippen molar-refractivity contribution in [2.45, 2.75) is 58.8 Å². The van der Waals surface area contributed by atoms with Crippen LogP contribution in [-0.2, 0) is 19.2 Å². The minimum Gasteiger partial charge on any atom is -0.481 e. The predicted molar refractivity (Wildman–Crippen MR) is 81.7 cm³/mol. The van der Waals surface area contributed by atoms with Crippen LogP contribution >= 0.6 is 0 Å². The van der Waals surface area contributed by atoms with Crippen LogP contribution in [0.2, 0.25) is 0 Å². The van der Waals surface area contributed by atoms with E-state index < -0.39 is 22.7 Å². The van der Waals surface area contributed by atoms with Gasteiger partial charge in [-0.3, -0.25) is 19.2 Å². The Morgan fingerprint density at radius 2 is 1.78 bits per heavy atom. The fraction of sp³-hybridized carbons (Fsp3) is 0.778. The fourth-order valence-electron chi connectivity index (χ4n) is 5.57. The quantitative estimate of drug-likeness (QED) is 0.862. The number of Topliss-reactive ketones (excluding diaryl/α,β-unsaturated/α-hetero) is 3. The molecular formula is C18H24O5. The second-order valence-electron chi connectivity index (χ2n) is 8.04. The molecule has 0 bridgehead atoms. The van der Waals surface area contributed by atoms with Crippen molar-refractivity contribution in [3.8, 4) is 0 Å². The summed E-state index contributed by atoms with van der Waals surface area (Å²) in [5.74, 6) is -0.957. The van der Waals surface area contributed by atoms with E-state index in [1.54, 1.807) is 6.92 Å². The van der Waals surface area contributed by atoms with E-state index in [0.717, 1.165) is 6.42 Å². The van der Waals surface area contributed by atoms with Crippen LogP contribution in [0.5, 0.6) is 0 Å². The number of fused-ring (bicyclic) bond motifs is 3. The monoisotopic (exact) mass is 320 g/mol. The minimum atomic E-state index is -0.940. The van der Waals surface area contributed by atoms with E-state index in [0.29, 0.717) is 19.3 Å². The van der Waals surface area contributed by atoms with Crippen molar-refractivity contribution < 1.29 is 24.3 Å². The molecule has 3 saturated carbocycles. The number of carboxylic acid groups (broad SMARTS) is 1. The third-order valence-corrected chi connectivity index (χ3v) is 6.86. The van der Waals surface area contributed by atoms with Gasteiger partial charge in [0.05, 0.1) is 0 Å². The Bertz CT molecular complexity index is 594. The molecule has 5 atom stereocenters. The molecule has 0 aromatic rings. The molecule has 126 valence electrons. The van der Waals surface area contributed by atoms with Gasteiger partial charge in [-0.2, -0.15) is 0 Å². The molecule has 0 aliphatic heterocycles. The summed E-state index contributed by atoms with van der Waals surface area (Å²) in [5.41, 5.74) is -1.45. The smallest absolute Gasteiger partial charge is 0.303 e. The van der Waals surface area contributed by atoms with Crippen molar-refractivity contribution in [3.05, 3.63) is 0 Å². The summed E-state index contributed by atoms with van der Waals surface area (Å²) < 4.78 is 0. The highest BCUT2D eigenvalue weighted by Crippen LogP contribution is 2.60. The normalized spacial score (nSPS) is 43.2. The molecule has 5 heteroatoms. The first-order chi connectivity index (χ1) is 10.7. The van der Waals surface area contributed by atoms with E-state index in [4.69, 9.17) is 5.11 Å². The lowest BCUT2D eigenvalue weighted by Crippen LogP contribution is -2.56. The van der Waals surface area contributed by atoms with Crippen LogP contribution in [0.1, 0.15) is 58.8 Å². The Labute approximate surface area is 135 Å². The Hall–Kier alpha value is -1.52. The SMILES string of the molecule is C[C@]1(CCC(=O)O)C(=O)CCC2C1C(=O)C[C@]1(C)C(=O)CCC21. The molecule has 3 fully saturated rings. The van der Waals surface area contributed by atoms with Gasteiger partial charge in [0.1, 0.15) is 17.3 Å². The highest BCUT2D eigenvalue weighted by Gasteiger charge is 2.62. The number of ketones is 3. The first-order valence-electron chi connectivity index (χ1n) is 8.51. The second kappa shape index (κ2) is 5.25. The van der Waals surface area contributed by atoms with Crippen molar-refractivity contribution in [3.63, 3.8) is 0 Å². The van der Waals surface area contributed by atoms with Crippen LogP contribution in [0.15, 0.2) is 0 Å². The van der Waals surface area contributed by atoms with Crippen LogP contribution in [0.3, 0.4) is 0 Å². The maximum Gasteiger partial charge on any atom is 0.303 e. The number of hydrogen-bond acceptors (Lipinski definition) is 4. The van der Waals surface area contributed by atoms with Gasteiger partial charge in [0.25, 0.3) is 0 Å². The molecule has 0 aromatic carbocycles. The lowest BCUT2D eigenvalue weighted by Gasteiger charge is -2.52. The Morgan fingerprint density at radius 3 is 2.43 bits per heavy atom. The van der Waals surface area contributed by atoms with Gasteiger partial charge in [0, 0.05) is 42.4 Å². The zero-order valence-corrected chi connectivity index (χ0v) is 13.8. The van der Waals surface area contributed by atoms with Gasteiger partial charge >= 0.3 is 5.97 Å². The molecule has 0 spiro atoms. The summed E-state index contributed by atoms with van der Waals surface area (Å²) in [4.78, 5) is 48.7. The average molecular weight is 320 g/mol. The molecule has 3 aliphatic rings. The molecule has 3 aliphatic carbocycles. The van der Waals surface area contributed by atoms with Gasteiger partial charge in [0.2, 0.25) is 0 Å². The third kappa shape index (κ3) is 2.27. The summed E-state index contributed by atoms with van der Waals surface area (Å²) in [6, 6.07) is 0. The first-order valence-corrected chi connectivity index (χ1v) is 8.51. The molecule has 3 rings (SSSR count). The molecule has 0 saturated heterocycles. The Morgan fingerprint density at radius 1 is 1.13 bits per heavy atom. The van der Waals surface area contributed by atoms with Gasteiger partial charge in [-0.1, -0.05) is 13.8 Å². The largest absolute Gasteiger partial charge is 0.481 e. The molecule has 0 amide bonds. The highest BCUT2D eigenvalue weighted by molar-refractivity contribution is 5.99. The van der Waals surface area contributed by atoms with Crippen molar-refractivity contribution in [2.75, 3.05) is 0 Å². The average Bonchev–Trinajstić information content (AvgIpc) is 2.76. The van der Waals surface area contributed by atoms with Gasteiger partial charge in [0.15, 0.2) is 0 Å². The summed E-state index contributed by atoms with van der Waals surface area (Å²) in [6.45, 7) is 3.68. The van der Waals surface area contributed by atoms with Crippen molar-refractivity contribution in [1.29, 1.82) is 0 Å². The fourth-order valence-corrected chi connectivity index (χ4v) is 5.57. The Balaban J connectivity index is 1.96. The van der Waals surface area contributed by atoms with E-state index in [2.05, 4.69) is 0 Å². The van der Waals surface area contributed by atoms with E-state index in [-0.39, 0.29) is 48.4 Å². The number of aliphatic carboxylic acids is 1. The van der Waals surface area contributed by atoms with Crippen LogP contribution in [0, 0.1) is 28.6 Å². The standard InChI is InChI=1S/C18H24O5/c1-17(8-7-15(22)23)13(20)5-3-10-11-4-6-14(21)18(11,2)9-12(19)16(10)17/h10-11,16H,3-9H2,1-2H3,(H,22,23)/t10?,11?,16?,17-,18-/m0/s1. The molecule has 3 unspecified atom stereocenters. The maximum atomic E-state index is 12.9. The van der Waals surface area contributed by atoms with E-state index in [1.807, 2.05) is 6.92 Å². The third-order valence-electron chi connectivity index (χ3n) is 6.86. The van der Waals surface area contributed by atoms with Crippen LogP contribution in [-0.4, -0.2) is 28.4 Å². The second-order valence-corrected chi connectivity index (χ2v) is 8.04. The molecule has 0 heterocycles. The van der Waals surface area contributed by atoms with Gasteiger partial charge in [-0.15, -0.1) is 0 Å². The molecule has 1 N–H and O–H groups in total. The molecule has 5 nitrogen and oxygen atoms in total. The number of carbonyl (C=O) groups is 4. The lowest BCUT2D eigenvalue weighted by molar-refractivity contribution is -0.160. The van der Waals surface area contributed by atoms with Crippen LogP contribution in [0.4, 0.5) is 0 Å². The topological polar surface area (TPSA) is 88.5 Å². The van der Waals surface area contributed by atoms with E-state index >= 15 is 0 Å². The van der Waals surface area contributed by atoms with E-state index in [9.17, 15) is 19.2 Å². The van der Waals surface area contributed by atoms with Crippen LogP contribution < -0.4 is 0 Å². The van der Waals surface area contributed by atoms with Crippen LogP contribution in [0.25, 0.3) is 0 Å². The minimum absolute atomic E-state index is 0.00932. The lowest BCUT2D eigenvalue weighted by atomic mass is 9.48. The zero-order valence-electron chi connectivity index (χ0n) is 13.8. The molecule has 0 aromatic heterocycles. The zero-order chi connectivity index (χ0) is 17.0. The number of carbonyl (C=O) groups excluding carboxylic acids is 3. The summed E-state index contributed by atoms with van der Waals surface area (Å²) >= 11 is 0.